The highest BCUT2D eigenvalue weighted by Gasteiger charge is 2.36. The third-order valence-corrected chi connectivity index (χ3v) is 5.62. The Morgan fingerprint density at radius 1 is 1.13 bits per heavy atom. The number of benzene rings is 2. The van der Waals surface area contributed by atoms with E-state index in [1.807, 2.05) is 36.1 Å². The van der Waals surface area contributed by atoms with Gasteiger partial charge in [0.05, 0.1) is 23.8 Å². The molecular weight excluding hydrogens is 380 g/mol. The molecule has 2 aliphatic rings. The molecule has 2 heterocycles. The predicted octanol–water partition coefficient (Wildman–Crippen LogP) is 3.84. The maximum Gasteiger partial charge on any atom is 0.261 e. The summed E-state index contributed by atoms with van der Waals surface area (Å²) in [4.78, 5) is 41.2. The Balaban J connectivity index is 1.58. The van der Waals surface area contributed by atoms with Crippen molar-refractivity contribution in [3.63, 3.8) is 0 Å². The first-order chi connectivity index (χ1) is 14.5. The van der Waals surface area contributed by atoms with E-state index in [1.54, 1.807) is 18.2 Å². The van der Waals surface area contributed by atoms with Crippen molar-refractivity contribution in [2.45, 2.75) is 25.8 Å². The number of amides is 3. The monoisotopic (exact) mass is 404 g/mol. The van der Waals surface area contributed by atoms with Crippen molar-refractivity contribution in [2.24, 2.45) is 0 Å². The van der Waals surface area contributed by atoms with Gasteiger partial charge in [0.15, 0.2) is 0 Å². The predicted molar refractivity (Wildman–Crippen MR) is 113 cm³/mol. The summed E-state index contributed by atoms with van der Waals surface area (Å²) >= 11 is 0. The molecule has 6 heteroatoms. The third-order valence-electron chi connectivity index (χ3n) is 5.62. The van der Waals surface area contributed by atoms with Crippen molar-refractivity contribution in [3.8, 4) is 5.75 Å². The second-order valence-electron chi connectivity index (χ2n) is 7.43. The average molecular weight is 404 g/mol. The Hall–Kier alpha value is -3.41. The number of rotatable bonds is 6. The van der Waals surface area contributed by atoms with Crippen LogP contribution in [0.25, 0.3) is 0 Å². The molecule has 2 aliphatic heterocycles. The largest absolute Gasteiger partial charge is 0.494 e. The van der Waals surface area contributed by atoms with Crippen LogP contribution >= 0.6 is 0 Å². The quantitative estimate of drug-likeness (QED) is 0.542. The molecule has 1 fully saturated rings. The van der Waals surface area contributed by atoms with Crippen molar-refractivity contribution >= 4 is 17.7 Å². The number of imide groups is 1. The molecule has 3 amide bonds. The van der Waals surface area contributed by atoms with E-state index in [9.17, 15) is 14.4 Å². The van der Waals surface area contributed by atoms with E-state index in [0.29, 0.717) is 24.3 Å². The first-order valence-corrected chi connectivity index (χ1v) is 10.2. The Kier molecular flexibility index (Phi) is 5.40. The second-order valence-corrected chi connectivity index (χ2v) is 7.43. The van der Waals surface area contributed by atoms with Crippen LogP contribution in [0.3, 0.4) is 0 Å². The molecule has 2 aromatic carbocycles. The second kappa shape index (κ2) is 8.14. The molecule has 2 aromatic rings. The lowest BCUT2D eigenvalue weighted by Crippen LogP contribution is -2.31. The van der Waals surface area contributed by atoms with Crippen LogP contribution in [0.5, 0.6) is 5.75 Å². The molecule has 0 aliphatic carbocycles. The van der Waals surface area contributed by atoms with E-state index < -0.39 is 0 Å². The van der Waals surface area contributed by atoms with E-state index in [2.05, 4.69) is 6.58 Å². The highest BCUT2D eigenvalue weighted by Crippen LogP contribution is 2.34. The van der Waals surface area contributed by atoms with Crippen LogP contribution in [-0.4, -0.2) is 47.2 Å². The highest BCUT2D eigenvalue weighted by atomic mass is 16.5. The molecule has 4 rings (SSSR count). The van der Waals surface area contributed by atoms with E-state index in [4.69, 9.17) is 4.74 Å². The highest BCUT2D eigenvalue weighted by molar-refractivity contribution is 6.22. The van der Waals surface area contributed by atoms with Gasteiger partial charge in [0, 0.05) is 18.7 Å². The van der Waals surface area contributed by atoms with Crippen LogP contribution in [0, 0.1) is 0 Å². The first-order valence-electron chi connectivity index (χ1n) is 10.2. The summed E-state index contributed by atoms with van der Waals surface area (Å²) in [6.07, 6.45) is 3.31. The lowest BCUT2D eigenvalue weighted by molar-refractivity contribution is 0.0671. The summed E-state index contributed by atoms with van der Waals surface area (Å²) in [6, 6.07) is 12.6. The summed E-state index contributed by atoms with van der Waals surface area (Å²) in [5, 5.41) is 0. The zero-order valence-corrected chi connectivity index (χ0v) is 17.0. The zero-order chi connectivity index (χ0) is 21.3. The molecule has 0 N–H and O–H groups in total. The van der Waals surface area contributed by atoms with Gasteiger partial charge in [-0.2, -0.15) is 0 Å². The maximum atomic E-state index is 13.3. The minimum Gasteiger partial charge on any atom is -0.494 e. The number of hydrogen-bond acceptors (Lipinski definition) is 4. The van der Waals surface area contributed by atoms with E-state index in [1.165, 1.54) is 6.08 Å². The standard InChI is InChI=1S/C24H24N2O4/c1-3-13-26-23(28)19-12-9-17(15-20(19)24(26)29)22(27)25-14-5-6-21(25)16-7-10-18(11-8-16)30-4-2/h3,7-12,15,21H,1,4-6,13-14H2,2H3/t21-/m1/s1. The van der Waals surface area contributed by atoms with Crippen molar-refractivity contribution < 1.29 is 19.1 Å². The molecule has 154 valence electrons. The van der Waals surface area contributed by atoms with Crippen molar-refractivity contribution in [1.29, 1.82) is 0 Å². The summed E-state index contributed by atoms with van der Waals surface area (Å²) < 4.78 is 5.50. The minimum absolute atomic E-state index is 0.0176. The molecular formula is C24H24N2O4. The Morgan fingerprint density at radius 3 is 2.57 bits per heavy atom. The van der Waals surface area contributed by atoms with Gasteiger partial charge in [-0.3, -0.25) is 19.3 Å². The van der Waals surface area contributed by atoms with E-state index >= 15 is 0 Å². The molecule has 0 radical (unpaired) electrons. The smallest absolute Gasteiger partial charge is 0.261 e. The van der Waals surface area contributed by atoms with Gasteiger partial charge in [-0.15, -0.1) is 6.58 Å². The fourth-order valence-corrected chi connectivity index (χ4v) is 4.19. The number of ether oxygens (including phenoxy) is 1. The molecule has 1 saturated heterocycles. The third kappa shape index (κ3) is 3.38. The van der Waals surface area contributed by atoms with Crippen molar-refractivity contribution in [2.75, 3.05) is 19.7 Å². The van der Waals surface area contributed by atoms with E-state index in [0.717, 1.165) is 29.1 Å². The van der Waals surface area contributed by atoms with Crippen molar-refractivity contribution in [1.82, 2.24) is 9.80 Å². The van der Waals surface area contributed by atoms with Crippen LogP contribution in [0.4, 0.5) is 0 Å². The summed E-state index contributed by atoms with van der Waals surface area (Å²) in [5.74, 6) is -0.0454. The van der Waals surface area contributed by atoms with E-state index in [-0.39, 0.29) is 35.9 Å². The van der Waals surface area contributed by atoms with Gasteiger partial charge in [-0.05, 0) is 55.7 Å². The molecule has 1 atom stereocenters. The van der Waals surface area contributed by atoms with Crippen LogP contribution in [-0.2, 0) is 0 Å². The molecule has 0 saturated carbocycles. The van der Waals surface area contributed by atoms with Crippen LogP contribution in [0.1, 0.15) is 62.4 Å². The summed E-state index contributed by atoms with van der Waals surface area (Å²) in [7, 11) is 0. The number of hydrogen-bond donors (Lipinski definition) is 0. The van der Waals surface area contributed by atoms with Gasteiger partial charge < -0.3 is 9.64 Å². The Bertz CT molecular complexity index is 1010. The van der Waals surface area contributed by atoms with Gasteiger partial charge in [-0.1, -0.05) is 18.2 Å². The van der Waals surface area contributed by atoms with Gasteiger partial charge in [0.25, 0.3) is 17.7 Å². The maximum absolute atomic E-state index is 13.3. The summed E-state index contributed by atoms with van der Waals surface area (Å²) in [5.41, 5.74) is 2.11. The van der Waals surface area contributed by atoms with Crippen LogP contribution in [0.2, 0.25) is 0 Å². The number of carbonyl (C=O) groups is 3. The zero-order valence-electron chi connectivity index (χ0n) is 17.0. The molecule has 0 spiro atoms. The Morgan fingerprint density at radius 2 is 1.87 bits per heavy atom. The number of fused-ring (bicyclic) bond motifs is 1. The van der Waals surface area contributed by atoms with Crippen molar-refractivity contribution in [3.05, 3.63) is 77.4 Å². The lowest BCUT2D eigenvalue weighted by Gasteiger charge is -2.25. The number of likely N-dealkylation sites (tertiary alicyclic amines) is 1. The molecule has 0 unspecified atom stereocenters. The molecule has 6 nitrogen and oxygen atoms in total. The topological polar surface area (TPSA) is 66.9 Å². The summed E-state index contributed by atoms with van der Waals surface area (Å²) in [6.45, 7) is 6.95. The molecule has 0 bridgehead atoms. The molecule has 30 heavy (non-hydrogen) atoms. The van der Waals surface area contributed by atoms with Gasteiger partial charge >= 0.3 is 0 Å². The fourth-order valence-electron chi connectivity index (χ4n) is 4.19. The lowest BCUT2D eigenvalue weighted by atomic mass is 10.0. The number of carbonyl (C=O) groups excluding carboxylic acids is 3. The van der Waals surface area contributed by atoms with Gasteiger partial charge in [-0.25, -0.2) is 0 Å². The Labute approximate surface area is 175 Å². The van der Waals surface area contributed by atoms with Crippen LogP contribution in [0.15, 0.2) is 55.1 Å². The fraction of sp³-hybridized carbons (Fsp3) is 0.292. The van der Waals surface area contributed by atoms with Gasteiger partial charge in [0.1, 0.15) is 5.75 Å². The number of nitrogens with zero attached hydrogens (tertiary/aromatic N) is 2. The first kappa shape index (κ1) is 19.9. The molecule has 0 aromatic heterocycles. The SMILES string of the molecule is C=CCN1C(=O)c2ccc(C(=O)N3CCC[C@@H]3c3ccc(OCC)cc3)cc2C1=O. The van der Waals surface area contributed by atoms with Crippen LogP contribution < -0.4 is 4.74 Å². The van der Waals surface area contributed by atoms with Gasteiger partial charge in [0.2, 0.25) is 0 Å². The average Bonchev–Trinajstić information content (AvgIpc) is 3.34. The normalized spacial score (nSPS) is 18.0. The minimum atomic E-state index is -0.381.